The first-order chi connectivity index (χ1) is 10.9. The maximum Gasteiger partial charge on any atom is 0.411 e. The molecule has 0 fully saturated rings. The first kappa shape index (κ1) is 18.0. The van der Waals surface area contributed by atoms with Gasteiger partial charge in [0.2, 0.25) is 5.41 Å². The first-order valence-electron chi connectivity index (χ1n) is 6.80. The molecule has 0 spiro atoms. The van der Waals surface area contributed by atoms with E-state index in [1.165, 1.54) is 0 Å². The Balaban J connectivity index is 2.87. The molecule has 0 heterocycles. The van der Waals surface area contributed by atoms with Gasteiger partial charge in [0.15, 0.2) is 0 Å². The highest BCUT2D eigenvalue weighted by atomic mass is 19.4. The Morgan fingerprint density at radius 1 is 0.958 bits per heavy atom. The van der Waals surface area contributed by atoms with Crippen LogP contribution in [0.25, 0.3) is 0 Å². The number of alkyl halides is 6. The van der Waals surface area contributed by atoms with Gasteiger partial charge < -0.3 is 16.6 Å². The number of rotatable bonds is 2. The molecular weight excluding hydrogens is 338 g/mol. The van der Waals surface area contributed by atoms with Crippen molar-refractivity contribution in [1.29, 1.82) is 0 Å². The van der Waals surface area contributed by atoms with Crippen LogP contribution in [-0.4, -0.2) is 17.5 Å². The molecule has 0 saturated heterocycles. The van der Waals surface area contributed by atoms with Crippen LogP contribution >= 0.6 is 0 Å². The predicted octanol–water partition coefficient (Wildman–Crippen LogP) is 3.90. The Labute approximate surface area is 133 Å². The van der Waals surface area contributed by atoms with Gasteiger partial charge in [0.25, 0.3) is 0 Å². The third-order valence-corrected chi connectivity index (χ3v) is 3.88. The van der Waals surface area contributed by atoms with E-state index in [1.54, 1.807) is 0 Å². The Morgan fingerprint density at radius 3 is 2.00 bits per heavy atom. The smallest absolute Gasteiger partial charge is 0.411 e. The van der Waals surface area contributed by atoms with Crippen molar-refractivity contribution in [3.63, 3.8) is 0 Å². The van der Waals surface area contributed by atoms with Crippen molar-refractivity contribution in [3.8, 4) is 5.75 Å². The van der Waals surface area contributed by atoms with E-state index in [-0.39, 0.29) is 18.5 Å². The highest BCUT2D eigenvalue weighted by Crippen LogP contribution is 2.57. The average molecular weight is 352 g/mol. The summed E-state index contributed by atoms with van der Waals surface area (Å²) >= 11 is 0. The predicted molar refractivity (Wildman–Crippen MR) is 75.9 cm³/mol. The van der Waals surface area contributed by atoms with Crippen LogP contribution in [0.4, 0.5) is 32.0 Å². The molecule has 0 aliphatic heterocycles. The molecule has 5 N–H and O–H groups in total. The zero-order chi connectivity index (χ0) is 18.3. The molecule has 0 amide bonds. The number of nitrogen functional groups attached to an aromatic ring is 1. The quantitative estimate of drug-likeness (QED) is 0.429. The molecule has 0 saturated carbocycles. The molecule has 9 heteroatoms. The summed E-state index contributed by atoms with van der Waals surface area (Å²) in [4.78, 5) is 0. The molecule has 1 aliphatic rings. The number of hydrogen-bond acceptors (Lipinski definition) is 3. The minimum absolute atomic E-state index is 0.0425. The summed E-state index contributed by atoms with van der Waals surface area (Å²) in [6, 6.07) is 1.75. The summed E-state index contributed by atoms with van der Waals surface area (Å²) in [5.41, 5.74) is 3.70. The van der Waals surface area contributed by atoms with E-state index < -0.39 is 40.3 Å². The molecule has 1 aromatic carbocycles. The second kappa shape index (κ2) is 5.64. The number of phenolic OH excluding ortho intramolecular Hbond substituents is 1. The normalized spacial score (nSPS) is 16.6. The first-order valence-corrected chi connectivity index (χ1v) is 6.80. The summed E-state index contributed by atoms with van der Waals surface area (Å²) in [6.45, 7) is 0. The number of halogens is 6. The van der Waals surface area contributed by atoms with Crippen molar-refractivity contribution in [2.24, 2.45) is 5.73 Å². The number of anilines is 1. The average Bonchev–Trinajstić information content (AvgIpc) is 2.40. The van der Waals surface area contributed by atoms with Gasteiger partial charge in [-0.1, -0.05) is 12.1 Å². The van der Waals surface area contributed by atoms with Gasteiger partial charge in [-0.15, -0.1) is 0 Å². The molecule has 0 atom stereocenters. The summed E-state index contributed by atoms with van der Waals surface area (Å²) in [6.07, 6.45) is -9.69. The number of benzene rings is 1. The van der Waals surface area contributed by atoms with Gasteiger partial charge in [0.05, 0.1) is 5.69 Å². The molecule has 0 aromatic heterocycles. The van der Waals surface area contributed by atoms with Gasteiger partial charge in [0, 0.05) is 5.70 Å². The van der Waals surface area contributed by atoms with E-state index in [9.17, 15) is 31.4 Å². The Kier molecular flexibility index (Phi) is 4.24. The number of allylic oxidation sites excluding steroid dienone is 4. The molecule has 0 unspecified atom stereocenters. The maximum absolute atomic E-state index is 13.8. The standard InChI is InChI=1S/C15H14F6N2O/c16-14(17,18)13(15(19,20)21,8-2-1-3-10(22)6-8)9-4-5-12(24)11(23)7-9/h2,4-7,24H,1,3,22-23H2. The summed E-state index contributed by atoms with van der Waals surface area (Å²) < 4.78 is 82.6. The number of nitrogens with two attached hydrogens (primary N) is 2. The van der Waals surface area contributed by atoms with Gasteiger partial charge in [-0.05, 0) is 42.2 Å². The lowest BCUT2D eigenvalue weighted by molar-refractivity contribution is -0.289. The van der Waals surface area contributed by atoms with Crippen LogP contribution in [0.15, 0.2) is 41.6 Å². The molecule has 1 aliphatic carbocycles. The lowest BCUT2D eigenvalue weighted by Gasteiger charge is -2.40. The SMILES string of the molecule is NC1=CC(C(c2ccc(O)c(N)c2)(C(F)(F)F)C(F)(F)F)=CCC1. The summed E-state index contributed by atoms with van der Waals surface area (Å²) in [7, 11) is 0. The second-order valence-corrected chi connectivity index (χ2v) is 5.44. The minimum atomic E-state index is -5.70. The number of phenols is 1. The van der Waals surface area contributed by atoms with Crippen LogP contribution in [0.5, 0.6) is 5.75 Å². The van der Waals surface area contributed by atoms with Gasteiger partial charge in [-0.3, -0.25) is 0 Å². The molecule has 132 valence electrons. The van der Waals surface area contributed by atoms with E-state index >= 15 is 0 Å². The Bertz CT molecular complexity index is 689. The lowest BCUT2D eigenvalue weighted by atomic mass is 9.70. The van der Waals surface area contributed by atoms with E-state index in [2.05, 4.69) is 0 Å². The fourth-order valence-electron chi connectivity index (χ4n) is 2.76. The topological polar surface area (TPSA) is 72.3 Å². The van der Waals surface area contributed by atoms with Gasteiger partial charge >= 0.3 is 12.4 Å². The van der Waals surface area contributed by atoms with E-state index in [0.29, 0.717) is 24.3 Å². The lowest BCUT2D eigenvalue weighted by Crippen LogP contribution is -2.55. The Morgan fingerprint density at radius 2 is 1.54 bits per heavy atom. The van der Waals surface area contributed by atoms with E-state index in [0.717, 1.165) is 6.08 Å². The van der Waals surface area contributed by atoms with Crippen LogP contribution in [-0.2, 0) is 5.41 Å². The van der Waals surface area contributed by atoms with E-state index in [4.69, 9.17) is 11.5 Å². The largest absolute Gasteiger partial charge is 0.506 e. The fraction of sp³-hybridized carbons (Fsp3) is 0.333. The summed E-state index contributed by atoms with van der Waals surface area (Å²) in [5.74, 6) is -0.607. The van der Waals surface area contributed by atoms with Crippen molar-refractivity contribution >= 4 is 5.69 Å². The minimum Gasteiger partial charge on any atom is -0.506 e. The van der Waals surface area contributed by atoms with Crippen LogP contribution in [0.1, 0.15) is 18.4 Å². The molecule has 0 radical (unpaired) electrons. The van der Waals surface area contributed by atoms with Gasteiger partial charge in [-0.2, -0.15) is 26.3 Å². The third-order valence-electron chi connectivity index (χ3n) is 3.88. The number of hydrogen-bond donors (Lipinski definition) is 3. The van der Waals surface area contributed by atoms with Gasteiger partial charge in [-0.25, -0.2) is 0 Å². The molecular formula is C15H14F6N2O. The summed E-state index contributed by atoms with van der Waals surface area (Å²) in [5, 5.41) is 9.33. The van der Waals surface area contributed by atoms with Gasteiger partial charge in [0.1, 0.15) is 5.75 Å². The van der Waals surface area contributed by atoms with Crippen molar-refractivity contribution < 1.29 is 31.4 Å². The van der Waals surface area contributed by atoms with Crippen molar-refractivity contribution in [3.05, 3.63) is 47.2 Å². The van der Waals surface area contributed by atoms with Crippen molar-refractivity contribution in [1.82, 2.24) is 0 Å². The number of aromatic hydroxyl groups is 1. The highest BCUT2D eigenvalue weighted by molar-refractivity contribution is 5.58. The molecule has 3 nitrogen and oxygen atoms in total. The Hall–Kier alpha value is -2.32. The molecule has 2 rings (SSSR count). The van der Waals surface area contributed by atoms with Crippen LogP contribution < -0.4 is 11.5 Å². The van der Waals surface area contributed by atoms with Crippen LogP contribution in [0, 0.1) is 0 Å². The molecule has 0 bridgehead atoms. The monoisotopic (exact) mass is 352 g/mol. The van der Waals surface area contributed by atoms with Crippen molar-refractivity contribution in [2.75, 3.05) is 5.73 Å². The molecule has 1 aromatic rings. The third kappa shape index (κ3) is 2.67. The zero-order valence-corrected chi connectivity index (χ0v) is 12.2. The van der Waals surface area contributed by atoms with E-state index in [1.807, 2.05) is 0 Å². The van der Waals surface area contributed by atoms with Crippen LogP contribution in [0.2, 0.25) is 0 Å². The fourth-order valence-corrected chi connectivity index (χ4v) is 2.76. The van der Waals surface area contributed by atoms with Crippen molar-refractivity contribution in [2.45, 2.75) is 30.6 Å². The highest BCUT2D eigenvalue weighted by Gasteiger charge is 2.73. The van der Waals surface area contributed by atoms with Crippen LogP contribution in [0.3, 0.4) is 0 Å². The molecule has 24 heavy (non-hydrogen) atoms. The zero-order valence-electron chi connectivity index (χ0n) is 12.2. The maximum atomic E-state index is 13.8. The second-order valence-electron chi connectivity index (χ2n) is 5.44.